The summed E-state index contributed by atoms with van der Waals surface area (Å²) >= 11 is 0. The fourth-order valence-corrected chi connectivity index (χ4v) is 1.78. The first-order valence-electron chi connectivity index (χ1n) is 5.87. The Kier molecular flexibility index (Phi) is 3.85. The zero-order valence-corrected chi connectivity index (χ0v) is 10.4. The van der Waals surface area contributed by atoms with Gasteiger partial charge in [0.15, 0.2) is 0 Å². The van der Waals surface area contributed by atoms with Gasteiger partial charge in [0.2, 0.25) is 0 Å². The summed E-state index contributed by atoms with van der Waals surface area (Å²) in [7, 11) is 0. The van der Waals surface area contributed by atoms with E-state index in [1.807, 2.05) is 0 Å². The number of aliphatic carboxylic acids is 1. The molecule has 98 valence electrons. The molecule has 0 aliphatic carbocycles. The summed E-state index contributed by atoms with van der Waals surface area (Å²) in [5.74, 6) is -1.18. The van der Waals surface area contributed by atoms with Gasteiger partial charge in [0, 0.05) is 17.7 Å². The van der Waals surface area contributed by atoms with Crippen molar-refractivity contribution in [2.75, 3.05) is 0 Å². The number of aromatic nitrogens is 2. The summed E-state index contributed by atoms with van der Waals surface area (Å²) in [6.07, 6.45) is 1.46. The Morgan fingerprint density at radius 3 is 2.79 bits per heavy atom. The van der Waals surface area contributed by atoms with Gasteiger partial charge in [0.1, 0.15) is 11.6 Å². The standard InChI is InChI=1S/C14H13FN2O2/c1-9(8-13(18)19)14-16-7-6-12(17-14)10-4-2-3-5-11(10)15/h2-7,9H,8H2,1H3,(H,18,19). The molecule has 1 atom stereocenters. The van der Waals surface area contributed by atoms with Crippen LogP contribution in [0.4, 0.5) is 4.39 Å². The normalized spacial score (nSPS) is 12.1. The van der Waals surface area contributed by atoms with E-state index in [0.717, 1.165) is 0 Å². The Balaban J connectivity index is 2.34. The predicted molar refractivity (Wildman–Crippen MR) is 68.1 cm³/mol. The largest absolute Gasteiger partial charge is 0.481 e. The van der Waals surface area contributed by atoms with Crippen LogP contribution in [0.25, 0.3) is 11.3 Å². The first-order chi connectivity index (χ1) is 9.08. The minimum absolute atomic E-state index is 0.0548. The second-order valence-electron chi connectivity index (χ2n) is 4.28. The van der Waals surface area contributed by atoms with Gasteiger partial charge in [-0.25, -0.2) is 14.4 Å². The molecular formula is C14H13FN2O2. The smallest absolute Gasteiger partial charge is 0.304 e. The van der Waals surface area contributed by atoms with Crippen LogP contribution in [-0.4, -0.2) is 21.0 Å². The lowest BCUT2D eigenvalue weighted by molar-refractivity contribution is -0.137. The van der Waals surface area contributed by atoms with E-state index in [9.17, 15) is 9.18 Å². The number of hydrogen-bond acceptors (Lipinski definition) is 3. The van der Waals surface area contributed by atoms with Crippen LogP contribution in [0.5, 0.6) is 0 Å². The number of hydrogen-bond donors (Lipinski definition) is 1. The summed E-state index contributed by atoms with van der Waals surface area (Å²) in [5.41, 5.74) is 0.842. The van der Waals surface area contributed by atoms with Crippen molar-refractivity contribution in [2.24, 2.45) is 0 Å². The van der Waals surface area contributed by atoms with Crippen molar-refractivity contribution in [3.63, 3.8) is 0 Å². The second-order valence-corrected chi connectivity index (χ2v) is 4.28. The summed E-state index contributed by atoms with van der Waals surface area (Å²) in [6, 6.07) is 7.92. The molecule has 4 nitrogen and oxygen atoms in total. The number of carboxylic acid groups (broad SMARTS) is 1. The highest BCUT2D eigenvalue weighted by molar-refractivity contribution is 5.67. The Morgan fingerprint density at radius 2 is 2.11 bits per heavy atom. The number of nitrogens with zero attached hydrogens (tertiary/aromatic N) is 2. The minimum Gasteiger partial charge on any atom is -0.481 e. The molecule has 0 saturated carbocycles. The number of rotatable bonds is 4. The van der Waals surface area contributed by atoms with Gasteiger partial charge in [-0.15, -0.1) is 0 Å². The van der Waals surface area contributed by atoms with Crippen molar-refractivity contribution < 1.29 is 14.3 Å². The Hall–Kier alpha value is -2.30. The van der Waals surface area contributed by atoms with Gasteiger partial charge in [-0.1, -0.05) is 19.1 Å². The lowest BCUT2D eigenvalue weighted by Crippen LogP contribution is -2.07. The summed E-state index contributed by atoms with van der Waals surface area (Å²) in [4.78, 5) is 19.0. The Labute approximate surface area is 110 Å². The first kappa shape index (κ1) is 13.1. The molecule has 19 heavy (non-hydrogen) atoms. The monoisotopic (exact) mass is 260 g/mol. The van der Waals surface area contributed by atoms with Gasteiger partial charge >= 0.3 is 5.97 Å². The SMILES string of the molecule is CC(CC(=O)O)c1nccc(-c2ccccc2F)n1. The van der Waals surface area contributed by atoms with Gasteiger partial charge in [-0.2, -0.15) is 0 Å². The number of carboxylic acids is 1. The van der Waals surface area contributed by atoms with Gasteiger partial charge in [-0.05, 0) is 18.2 Å². The highest BCUT2D eigenvalue weighted by Crippen LogP contribution is 2.22. The van der Waals surface area contributed by atoms with Crippen molar-refractivity contribution in [2.45, 2.75) is 19.3 Å². The minimum atomic E-state index is -0.910. The van der Waals surface area contributed by atoms with Gasteiger partial charge in [-0.3, -0.25) is 4.79 Å². The molecule has 0 bridgehead atoms. The van der Waals surface area contributed by atoms with Crippen molar-refractivity contribution in [3.8, 4) is 11.3 Å². The van der Waals surface area contributed by atoms with Crippen LogP contribution in [-0.2, 0) is 4.79 Å². The zero-order chi connectivity index (χ0) is 13.8. The molecule has 0 spiro atoms. The van der Waals surface area contributed by atoms with E-state index >= 15 is 0 Å². The van der Waals surface area contributed by atoms with Crippen LogP contribution in [0.3, 0.4) is 0 Å². The molecule has 0 aliphatic rings. The van der Waals surface area contributed by atoms with Gasteiger partial charge < -0.3 is 5.11 Å². The molecule has 5 heteroatoms. The maximum absolute atomic E-state index is 13.7. The Bertz CT molecular complexity index is 602. The maximum Gasteiger partial charge on any atom is 0.304 e. The molecule has 2 rings (SSSR count). The molecule has 2 aromatic rings. The average molecular weight is 260 g/mol. The molecule has 1 aromatic carbocycles. The molecule has 0 amide bonds. The predicted octanol–water partition coefficient (Wildman–Crippen LogP) is 2.86. The summed E-state index contributed by atoms with van der Waals surface area (Å²) < 4.78 is 13.7. The van der Waals surface area contributed by atoms with Crippen LogP contribution >= 0.6 is 0 Å². The molecule has 1 unspecified atom stereocenters. The van der Waals surface area contributed by atoms with E-state index in [0.29, 0.717) is 17.1 Å². The zero-order valence-electron chi connectivity index (χ0n) is 10.4. The van der Waals surface area contributed by atoms with E-state index in [2.05, 4.69) is 9.97 Å². The van der Waals surface area contributed by atoms with E-state index in [1.165, 1.54) is 12.3 Å². The van der Waals surface area contributed by atoms with Crippen molar-refractivity contribution >= 4 is 5.97 Å². The number of benzene rings is 1. The summed E-state index contributed by atoms with van der Waals surface area (Å²) in [6.45, 7) is 1.73. The van der Waals surface area contributed by atoms with Crippen molar-refractivity contribution in [1.29, 1.82) is 0 Å². The Morgan fingerprint density at radius 1 is 1.37 bits per heavy atom. The molecule has 0 radical (unpaired) electrons. The van der Waals surface area contributed by atoms with Crippen LogP contribution in [0.1, 0.15) is 25.1 Å². The number of carbonyl (C=O) groups is 1. The van der Waals surface area contributed by atoms with Crippen molar-refractivity contribution in [3.05, 3.63) is 48.2 Å². The third-order valence-corrected chi connectivity index (χ3v) is 2.75. The van der Waals surface area contributed by atoms with E-state index in [1.54, 1.807) is 31.2 Å². The molecule has 1 heterocycles. The van der Waals surface area contributed by atoms with E-state index in [-0.39, 0.29) is 18.2 Å². The van der Waals surface area contributed by atoms with Crippen molar-refractivity contribution in [1.82, 2.24) is 9.97 Å². The lowest BCUT2D eigenvalue weighted by atomic mass is 10.1. The highest BCUT2D eigenvalue weighted by atomic mass is 19.1. The van der Waals surface area contributed by atoms with Crippen LogP contribution in [0.2, 0.25) is 0 Å². The quantitative estimate of drug-likeness (QED) is 0.918. The van der Waals surface area contributed by atoms with E-state index in [4.69, 9.17) is 5.11 Å². The fraction of sp³-hybridized carbons (Fsp3) is 0.214. The van der Waals surface area contributed by atoms with Crippen LogP contribution in [0, 0.1) is 5.82 Å². The second kappa shape index (κ2) is 5.56. The van der Waals surface area contributed by atoms with E-state index < -0.39 is 5.97 Å². The summed E-state index contributed by atoms with van der Waals surface area (Å²) in [5, 5.41) is 8.76. The molecule has 0 fully saturated rings. The third kappa shape index (κ3) is 3.13. The average Bonchev–Trinajstić information content (AvgIpc) is 2.38. The number of halogens is 1. The third-order valence-electron chi connectivity index (χ3n) is 2.75. The maximum atomic E-state index is 13.7. The molecule has 0 aliphatic heterocycles. The molecule has 1 aromatic heterocycles. The van der Waals surface area contributed by atoms with Crippen LogP contribution < -0.4 is 0 Å². The van der Waals surface area contributed by atoms with Crippen LogP contribution in [0.15, 0.2) is 36.5 Å². The first-order valence-corrected chi connectivity index (χ1v) is 5.87. The lowest BCUT2D eigenvalue weighted by Gasteiger charge is -2.09. The fourth-order valence-electron chi connectivity index (χ4n) is 1.78. The highest BCUT2D eigenvalue weighted by Gasteiger charge is 2.14. The molecular weight excluding hydrogens is 247 g/mol. The van der Waals surface area contributed by atoms with Gasteiger partial charge in [0.25, 0.3) is 0 Å². The topological polar surface area (TPSA) is 63.1 Å². The molecule has 0 saturated heterocycles. The molecule has 1 N–H and O–H groups in total. The van der Waals surface area contributed by atoms with Gasteiger partial charge in [0.05, 0.1) is 12.1 Å².